The molecule has 182 valence electrons. The van der Waals surface area contributed by atoms with Gasteiger partial charge in [-0.05, 0) is 37.6 Å². The standard InChI is InChI=1S/C22H20ClF2N7O2S/c1-12-7-15(9-26-8-12)21-29-30-22(32(21)19-17(24)5-4-6-18(19)25)31-35(33,34)14(3)13(2)20-27-10-16(23)11-28-20/h4-11,13-14H,1-3H3,(H,30,31)/t13-,14+/m0/s1. The third-order valence-electron chi connectivity index (χ3n) is 5.43. The Bertz CT molecular complexity index is 1460. The molecule has 4 aromatic rings. The van der Waals surface area contributed by atoms with E-state index in [2.05, 4.69) is 29.9 Å². The van der Waals surface area contributed by atoms with E-state index in [1.807, 2.05) is 0 Å². The number of halogens is 3. The highest BCUT2D eigenvalue weighted by molar-refractivity contribution is 7.93. The highest BCUT2D eigenvalue weighted by Gasteiger charge is 2.32. The fourth-order valence-electron chi connectivity index (χ4n) is 3.39. The van der Waals surface area contributed by atoms with Crippen LogP contribution in [0.3, 0.4) is 0 Å². The Balaban J connectivity index is 1.79. The van der Waals surface area contributed by atoms with Crippen LogP contribution < -0.4 is 4.72 Å². The normalized spacial score (nSPS) is 13.4. The minimum absolute atomic E-state index is 0.00429. The first-order valence-corrected chi connectivity index (χ1v) is 12.3. The van der Waals surface area contributed by atoms with E-state index in [4.69, 9.17) is 11.6 Å². The number of nitrogens with zero attached hydrogens (tertiary/aromatic N) is 6. The van der Waals surface area contributed by atoms with E-state index in [9.17, 15) is 17.2 Å². The van der Waals surface area contributed by atoms with Crippen molar-refractivity contribution < 1.29 is 17.2 Å². The van der Waals surface area contributed by atoms with Gasteiger partial charge in [0.2, 0.25) is 16.0 Å². The predicted molar refractivity (Wildman–Crippen MR) is 127 cm³/mol. The number of anilines is 1. The lowest BCUT2D eigenvalue weighted by molar-refractivity contribution is 0.564. The molecule has 0 spiro atoms. The number of aryl methyl sites for hydroxylation is 1. The quantitative estimate of drug-likeness (QED) is 0.387. The predicted octanol–water partition coefficient (Wildman–Crippen LogP) is 4.29. The molecule has 0 aliphatic heterocycles. The SMILES string of the molecule is Cc1cncc(-c2nnc(NS(=O)(=O)[C@H](C)[C@H](C)c3ncc(Cl)cn3)n2-c2c(F)cccc2F)c1. The second-order valence-electron chi connectivity index (χ2n) is 7.90. The van der Waals surface area contributed by atoms with Crippen LogP contribution in [0, 0.1) is 18.6 Å². The molecule has 4 rings (SSSR count). The molecule has 0 amide bonds. The first-order chi connectivity index (χ1) is 16.6. The Morgan fingerprint density at radius 1 is 1.03 bits per heavy atom. The summed E-state index contributed by atoms with van der Waals surface area (Å²) in [6.45, 7) is 4.88. The van der Waals surface area contributed by atoms with Crippen molar-refractivity contribution in [2.75, 3.05) is 4.72 Å². The van der Waals surface area contributed by atoms with Gasteiger partial charge < -0.3 is 0 Å². The summed E-state index contributed by atoms with van der Waals surface area (Å²) in [6.07, 6.45) is 5.77. The van der Waals surface area contributed by atoms with Crippen molar-refractivity contribution in [1.82, 2.24) is 29.7 Å². The molecule has 3 aromatic heterocycles. The maximum absolute atomic E-state index is 14.8. The molecule has 0 aliphatic carbocycles. The Morgan fingerprint density at radius 3 is 2.31 bits per heavy atom. The summed E-state index contributed by atoms with van der Waals surface area (Å²) < 4.78 is 59.4. The number of sulfonamides is 1. The van der Waals surface area contributed by atoms with Crippen LogP contribution >= 0.6 is 11.6 Å². The maximum atomic E-state index is 14.8. The summed E-state index contributed by atoms with van der Waals surface area (Å²) in [7, 11) is -4.15. The number of pyridine rings is 1. The zero-order valence-electron chi connectivity index (χ0n) is 18.8. The minimum atomic E-state index is -4.15. The van der Waals surface area contributed by atoms with Crippen LogP contribution in [0.15, 0.2) is 49.1 Å². The van der Waals surface area contributed by atoms with Crippen LogP contribution in [-0.2, 0) is 10.0 Å². The van der Waals surface area contributed by atoms with Crippen molar-refractivity contribution in [3.05, 3.63) is 77.1 Å². The van der Waals surface area contributed by atoms with Gasteiger partial charge in [0.15, 0.2) is 5.82 Å². The smallest absolute Gasteiger partial charge is 0.243 e. The number of nitrogens with one attached hydrogen (secondary N) is 1. The molecular formula is C22H20ClF2N7O2S. The van der Waals surface area contributed by atoms with E-state index in [0.29, 0.717) is 10.6 Å². The summed E-state index contributed by atoms with van der Waals surface area (Å²) >= 11 is 5.82. The summed E-state index contributed by atoms with van der Waals surface area (Å²) in [5, 5.41) is 7.18. The summed E-state index contributed by atoms with van der Waals surface area (Å²) in [6, 6.07) is 4.99. The number of benzene rings is 1. The molecule has 1 N–H and O–H groups in total. The maximum Gasteiger partial charge on any atom is 0.243 e. The summed E-state index contributed by atoms with van der Waals surface area (Å²) in [5.74, 6) is -2.62. The molecule has 1 aromatic carbocycles. The van der Waals surface area contributed by atoms with Crippen LogP contribution in [0.25, 0.3) is 17.1 Å². The Hall–Kier alpha value is -3.51. The molecule has 0 bridgehead atoms. The average molecular weight is 520 g/mol. The Morgan fingerprint density at radius 2 is 1.69 bits per heavy atom. The lowest BCUT2D eigenvalue weighted by atomic mass is 10.1. The molecule has 0 aliphatic rings. The molecule has 13 heteroatoms. The third-order valence-corrected chi connectivity index (χ3v) is 7.48. The topological polar surface area (TPSA) is 116 Å². The van der Waals surface area contributed by atoms with Gasteiger partial charge in [0, 0.05) is 36.3 Å². The molecule has 2 atom stereocenters. The first-order valence-electron chi connectivity index (χ1n) is 10.4. The van der Waals surface area contributed by atoms with Crippen LogP contribution in [0.5, 0.6) is 0 Å². The molecule has 3 heterocycles. The van der Waals surface area contributed by atoms with Crippen molar-refractivity contribution >= 4 is 27.6 Å². The lowest BCUT2D eigenvalue weighted by Gasteiger charge is -2.20. The van der Waals surface area contributed by atoms with E-state index in [-0.39, 0.29) is 17.6 Å². The highest BCUT2D eigenvalue weighted by atomic mass is 35.5. The third kappa shape index (κ3) is 4.98. The van der Waals surface area contributed by atoms with E-state index < -0.39 is 38.5 Å². The van der Waals surface area contributed by atoms with Crippen LogP contribution in [-0.4, -0.2) is 43.4 Å². The van der Waals surface area contributed by atoms with Gasteiger partial charge in [-0.3, -0.25) is 14.3 Å². The van der Waals surface area contributed by atoms with Gasteiger partial charge in [-0.2, -0.15) is 0 Å². The largest absolute Gasteiger partial charge is 0.264 e. The lowest BCUT2D eigenvalue weighted by Crippen LogP contribution is -2.31. The van der Waals surface area contributed by atoms with Gasteiger partial charge in [-0.25, -0.2) is 27.2 Å². The van der Waals surface area contributed by atoms with Gasteiger partial charge in [-0.1, -0.05) is 24.6 Å². The van der Waals surface area contributed by atoms with Crippen molar-refractivity contribution in [1.29, 1.82) is 0 Å². The molecule has 0 fully saturated rings. The highest BCUT2D eigenvalue weighted by Crippen LogP contribution is 2.30. The Kier molecular flexibility index (Phi) is 6.77. The summed E-state index contributed by atoms with van der Waals surface area (Å²) in [4.78, 5) is 12.3. The molecular weight excluding hydrogens is 500 g/mol. The van der Waals surface area contributed by atoms with Gasteiger partial charge in [0.05, 0.1) is 10.3 Å². The first kappa shape index (κ1) is 24.6. The monoisotopic (exact) mass is 519 g/mol. The zero-order valence-corrected chi connectivity index (χ0v) is 20.4. The van der Waals surface area contributed by atoms with E-state index in [1.54, 1.807) is 26.1 Å². The van der Waals surface area contributed by atoms with E-state index in [0.717, 1.165) is 22.3 Å². The molecule has 0 saturated carbocycles. The van der Waals surface area contributed by atoms with Gasteiger partial charge in [0.25, 0.3) is 0 Å². The number of rotatable bonds is 7. The minimum Gasteiger partial charge on any atom is -0.264 e. The van der Waals surface area contributed by atoms with Gasteiger partial charge in [0.1, 0.15) is 23.1 Å². The average Bonchev–Trinajstić information content (AvgIpc) is 3.21. The van der Waals surface area contributed by atoms with Crippen LogP contribution in [0.1, 0.15) is 31.2 Å². The molecule has 9 nitrogen and oxygen atoms in total. The molecule has 35 heavy (non-hydrogen) atoms. The van der Waals surface area contributed by atoms with Gasteiger partial charge >= 0.3 is 0 Å². The molecule has 0 unspecified atom stereocenters. The Labute approximate surface area is 205 Å². The fourth-order valence-corrected chi connectivity index (χ4v) is 4.71. The second kappa shape index (κ2) is 9.62. The zero-order chi connectivity index (χ0) is 25.3. The number of para-hydroxylation sites is 1. The molecule has 0 radical (unpaired) electrons. The van der Waals surface area contributed by atoms with E-state index in [1.165, 1.54) is 31.6 Å². The number of hydrogen-bond donors (Lipinski definition) is 1. The number of hydrogen-bond acceptors (Lipinski definition) is 7. The second-order valence-corrected chi connectivity index (χ2v) is 10.4. The van der Waals surface area contributed by atoms with Crippen molar-refractivity contribution in [2.24, 2.45) is 0 Å². The van der Waals surface area contributed by atoms with Gasteiger partial charge in [-0.15, -0.1) is 10.2 Å². The molecule has 0 saturated heterocycles. The van der Waals surface area contributed by atoms with Crippen LogP contribution in [0.4, 0.5) is 14.7 Å². The van der Waals surface area contributed by atoms with Crippen molar-refractivity contribution in [2.45, 2.75) is 31.9 Å². The summed E-state index contributed by atoms with van der Waals surface area (Å²) in [5.41, 5.74) is 0.619. The number of aromatic nitrogens is 6. The van der Waals surface area contributed by atoms with Crippen molar-refractivity contribution in [3.8, 4) is 17.1 Å². The van der Waals surface area contributed by atoms with Crippen LogP contribution in [0.2, 0.25) is 5.02 Å². The van der Waals surface area contributed by atoms with E-state index >= 15 is 0 Å². The van der Waals surface area contributed by atoms with Crippen molar-refractivity contribution in [3.63, 3.8) is 0 Å². The fraction of sp³-hybridized carbons (Fsp3) is 0.227.